The molecule has 0 bridgehead atoms. The number of carbonyl (C=O) groups is 3. The first kappa shape index (κ1) is 31.3. The third kappa shape index (κ3) is 7.40. The number of fused-ring (bicyclic) bond motifs is 1. The lowest BCUT2D eigenvalue weighted by molar-refractivity contribution is -0.132. The molecule has 10 nitrogen and oxygen atoms in total. The highest BCUT2D eigenvalue weighted by Crippen LogP contribution is 2.43. The Hall–Kier alpha value is -2.69. The Morgan fingerprint density at radius 2 is 1.95 bits per heavy atom. The highest BCUT2D eigenvalue weighted by atomic mass is 16.5. The van der Waals surface area contributed by atoms with Crippen LogP contribution in [0.4, 0.5) is 11.4 Å². The number of anilines is 2. The second-order valence-corrected chi connectivity index (χ2v) is 12.3. The first-order chi connectivity index (χ1) is 19.6. The lowest BCUT2D eigenvalue weighted by Crippen LogP contribution is -2.53. The molecule has 2 N–H and O–H groups in total. The highest BCUT2D eigenvalue weighted by molar-refractivity contribution is 6.04. The van der Waals surface area contributed by atoms with Gasteiger partial charge in [0.25, 0.3) is 5.91 Å². The van der Waals surface area contributed by atoms with Crippen LogP contribution in [0.15, 0.2) is 18.2 Å². The Kier molecular flexibility index (Phi) is 10.3. The first-order valence-electron chi connectivity index (χ1n) is 15.1. The average Bonchev–Trinajstić information content (AvgIpc) is 3.78. The van der Waals surface area contributed by atoms with Gasteiger partial charge in [0.05, 0.1) is 30.2 Å². The number of benzene rings is 1. The number of nitrogens with one attached hydrogen (secondary N) is 2. The summed E-state index contributed by atoms with van der Waals surface area (Å²) in [4.78, 5) is 44.2. The molecule has 2 aliphatic heterocycles. The van der Waals surface area contributed by atoms with Crippen molar-refractivity contribution in [1.82, 2.24) is 10.6 Å². The molecular formula is C31H48N4O6. The van der Waals surface area contributed by atoms with Gasteiger partial charge in [-0.3, -0.25) is 14.4 Å². The number of amides is 3. The normalized spacial score (nSPS) is 22.6. The zero-order valence-electron chi connectivity index (χ0n) is 25.5. The summed E-state index contributed by atoms with van der Waals surface area (Å²) >= 11 is 0. The minimum atomic E-state index is -0.978. The predicted octanol–water partition coefficient (Wildman–Crippen LogP) is 3.13. The average molecular weight is 573 g/mol. The van der Waals surface area contributed by atoms with E-state index >= 15 is 0 Å². The lowest BCUT2D eigenvalue weighted by atomic mass is 9.88. The molecule has 10 heteroatoms. The second-order valence-electron chi connectivity index (χ2n) is 12.3. The summed E-state index contributed by atoms with van der Waals surface area (Å²) in [5.74, 6) is 0.111. The zero-order chi connectivity index (χ0) is 29.7. The van der Waals surface area contributed by atoms with Crippen molar-refractivity contribution in [2.45, 2.75) is 78.0 Å². The van der Waals surface area contributed by atoms with Gasteiger partial charge in [-0.2, -0.15) is 0 Å². The molecule has 41 heavy (non-hydrogen) atoms. The molecular weight excluding hydrogens is 524 g/mol. The molecule has 0 unspecified atom stereocenters. The Bertz CT molecular complexity index is 1090. The van der Waals surface area contributed by atoms with Crippen LogP contribution in [-0.4, -0.2) is 82.0 Å². The van der Waals surface area contributed by atoms with Gasteiger partial charge in [0, 0.05) is 51.7 Å². The molecule has 0 aromatic heterocycles. The third-order valence-corrected chi connectivity index (χ3v) is 8.22. The van der Waals surface area contributed by atoms with Gasteiger partial charge < -0.3 is 34.6 Å². The Labute approximate surface area is 244 Å². The Morgan fingerprint density at radius 1 is 1.22 bits per heavy atom. The molecule has 2 heterocycles. The summed E-state index contributed by atoms with van der Waals surface area (Å²) in [6.45, 7) is 12.8. The van der Waals surface area contributed by atoms with E-state index in [1.54, 1.807) is 25.9 Å². The highest BCUT2D eigenvalue weighted by Gasteiger charge is 2.43. The van der Waals surface area contributed by atoms with Crippen molar-refractivity contribution in [3.8, 4) is 5.75 Å². The summed E-state index contributed by atoms with van der Waals surface area (Å²) in [6.07, 6.45) is 3.04. The van der Waals surface area contributed by atoms with E-state index in [2.05, 4.69) is 24.5 Å². The van der Waals surface area contributed by atoms with Crippen LogP contribution in [0, 0.1) is 17.8 Å². The van der Waals surface area contributed by atoms with Crippen molar-refractivity contribution in [1.29, 1.82) is 0 Å². The molecule has 0 spiro atoms. The predicted molar refractivity (Wildman–Crippen MR) is 158 cm³/mol. The van der Waals surface area contributed by atoms with E-state index in [0.717, 1.165) is 18.5 Å². The number of methoxy groups -OCH3 is 1. The fourth-order valence-corrected chi connectivity index (χ4v) is 5.62. The monoisotopic (exact) mass is 572 g/mol. The zero-order valence-corrected chi connectivity index (χ0v) is 25.5. The number of rotatable bonds is 13. The molecule has 228 valence electrons. The Morgan fingerprint density at radius 3 is 2.61 bits per heavy atom. The largest absolute Gasteiger partial charge is 0.476 e. The third-order valence-electron chi connectivity index (χ3n) is 8.22. The fraction of sp³-hybridized carbons (Fsp3) is 0.710. The van der Waals surface area contributed by atoms with Crippen molar-refractivity contribution in [2.24, 2.45) is 17.8 Å². The second kappa shape index (κ2) is 13.5. The van der Waals surface area contributed by atoms with Crippen LogP contribution >= 0.6 is 0 Å². The summed E-state index contributed by atoms with van der Waals surface area (Å²) in [5, 5.41) is 6.49. The van der Waals surface area contributed by atoms with Gasteiger partial charge in [0.1, 0.15) is 5.75 Å². The van der Waals surface area contributed by atoms with Gasteiger partial charge in [-0.25, -0.2) is 0 Å². The first-order valence-corrected chi connectivity index (χ1v) is 15.1. The molecule has 1 aromatic carbocycles. The van der Waals surface area contributed by atoms with Crippen molar-refractivity contribution in [3.63, 3.8) is 0 Å². The van der Waals surface area contributed by atoms with Crippen LogP contribution < -0.4 is 25.2 Å². The van der Waals surface area contributed by atoms with Crippen LogP contribution in [0.2, 0.25) is 0 Å². The molecule has 1 aliphatic carbocycles. The molecule has 1 aromatic rings. The van der Waals surface area contributed by atoms with Gasteiger partial charge in [-0.15, -0.1) is 0 Å². The Balaban J connectivity index is 1.52. The number of piperidine rings is 1. The maximum atomic E-state index is 14.1. The molecule has 0 radical (unpaired) electrons. The van der Waals surface area contributed by atoms with E-state index in [4.69, 9.17) is 14.2 Å². The van der Waals surface area contributed by atoms with E-state index in [1.165, 1.54) is 0 Å². The van der Waals surface area contributed by atoms with Gasteiger partial charge in [-0.05, 0) is 70.6 Å². The van der Waals surface area contributed by atoms with Crippen LogP contribution in [0.1, 0.15) is 60.3 Å². The standard InChI is InChI=1S/C31H48N4O6/c1-7-40-19-25(20(2)3)33-28(36)21-15-22(18-32-17-21)29(37)35(23-9-10-23)24-11-12-27-26(16-24)34(13-8-14-39-6)30(38)31(4,5)41-27/h11-12,16,20-23,25,32H,7-10,13-15,17-19H2,1-6H3,(H,33,36)/t21-,22+,25+/m0/s1. The van der Waals surface area contributed by atoms with Gasteiger partial charge >= 0.3 is 0 Å². The van der Waals surface area contributed by atoms with Gasteiger partial charge in [-0.1, -0.05) is 13.8 Å². The summed E-state index contributed by atoms with van der Waals surface area (Å²) in [6, 6.07) is 5.73. The number of nitrogens with zero attached hydrogens (tertiary/aromatic N) is 2. The summed E-state index contributed by atoms with van der Waals surface area (Å²) < 4.78 is 16.9. The van der Waals surface area contributed by atoms with Crippen LogP contribution in [-0.2, 0) is 23.9 Å². The molecule has 3 aliphatic rings. The molecule has 3 atom stereocenters. The van der Waals surface area contributed by atoms with Crippen LogP contribution in [0.25, 0.3) is 0 Å². The molecule has 4 rings (SSSR count). The summed E-state index contributed by atoms with van der Waals surface area (Å²) in [7, 11) is 1.65. The summed E-state index contributed by atoms with van der Waals surface area (Å²) in [5.41, 5.74) is 0.454. The van der Waals surface area contributed by atoms with E-state index in [0.29, 0.717) is 63.7 Å². The van der Waals surface area contributed by atoms with E-state index in [-0.39, 0.29) is 47.6 Å². The number of hydrogen-bond donors (Lipinski definition) is 2. The quantitative estimate of drug-likeness (QED) is 0.350. The molecule has 2 fully saturated rings. The molecule has 3 amide bonds. The van der Waals surface area contributed by atoms with Gasteiger partial charge in [0.2, 0.25) is 11.8 Å². The SMILES string of the molecule is CCOC[C@@H](NC(=O)[C@@H]1CNC[C@H](C(=O)N(c2ccc3c(c2)N(CCCOC)C(=O)C(C)(C)O3)C2CC2)C1)C(C)C. The molecule has 1 saturated heterocycles. The minimum absolute atomic E-state index is 0.0153. The fourth-order valence-electron chi connectivity index (χ4n) is 5.62. The topological polar surface area (TPSA) is 109 Å². The van der Waals surface area contributed by atoms with Crippen molar-refractivity contribution in [2.75, 3.05) is 56.4 Å². The minimum Gasteiger partial charge on any atom is -0.476 e. The number of carbonyl (C=O) groups excluding carboxylic acids is 3. The lowest BCUT2D eigenvalue weighted by Gasteiger charge is -2.40. The van der Waals surface area contributed by atoms with E-state index < -0.39 is 5.60 Å². The van der Waals surface area contributed by atoms with E-state index in [9.17, 15) is 14.4 Å². The van der Waals surface area contributed by atoms with Gasteiger partial charge in [0.15, 0.2) is 5.60 Å². The van der Waals surface area contributed by atoms with Crippen molar-refractivity contribution in [3.05, 3.63) is 18.2 Å². The van der Waals surface area contributed by atoms with E-state index in [1.807, 2.05) is 30.0 Å². The molecule has 1 saturated carbocycles. The van der Waals surface area contributed by atoms with Crippen molar-refractivity contribution >= 4 is 29.1 Å². The van der Waals surface area contributed by atoms with Crippen LogP contribution in [0.5, 0.6) is 5.75 Å². The maximum Gasteiger partial charge on any atom is 0.270 e. The maximum absolute atomic E-state index is 14.1. The van der Waals surface area contributed by atoms with Crippen molar-refractivity contribution < 1.29 is 28.6 Å². The smallest absolute Gasteiger partial charge is 0.270 e. The number of ether oxygens (including phenoxy) is 3. The van der Waals surface area contributed by atoms with Crippen LogP contribution in [0.3, 0.4) is 0 Å². The number of hydrogen-bond acceptors (Lipinski definition) is 7.